The van der Waals surface area contributed by atoms with Crippen LogP contribution in [0.1, 0.15) is 34.8 Å². The Hall–Kier alpha value is -3.64. The lowest BCUT2D eigenvalue weighted by molar-refractivity contribution is -0.153. The highest BCUT2D eigenvalue weighted by atomic mass is 35.5. The molecule has 0 bridgehead atoms. The van der Waals surface area contributed by atoms with Gasteiger partial charge in [0.2, 0.25) is 5.78 Å². The summed E-state index contributed by atoms with van der Waals surface area (Å²) in [5, 5.41) is 0.185. The van der Waals surface area contributed by atoms with Crippen molar-refractivity contribution in [1.29, 1.82) is 0 Å². The number of halogens is 1. The number of hydrogen-bond acceptors (Lipinski definition) is 6. The molecule has 0 fully saturated rings. The van der Waals surface area contributed by atoms with Crippen LogP contribution in [-0.4, -0.2) is 24.1 Å². The summed E-state index contributed by atoms with van der Waals surface area (Å²) in [6.45, 7) is 2.08. The summed E-state index contributed by atoms with van der Waals surface area (Å²) in [6.07, 6.45) is -0.652. The van der Waals surface area contributed by atoms with E-state index in [-0.39, 0.29) is 36.2 Å². The third-order valence-electron chi connectivity index (χ3n) is 4.63. The second kappa shape index (κ2) is 11.8. The molecule has 0 spiro atoms. The molecule has 0 saturated heterocycles. The van der Waals surface area contributed by atoms with Crippen LogP contribution in [-0.2, 0) is 27.5 Å². The number of ether oxygens (including phenoxy) is 3. The van der Waals surface area contributed by atoms with Gasteiger partial charge in [-0.2, -0.15) is 0 Å². The molecular formula is C26H23ClO6. The Kier molecular flexibility index (Phi) is 8.61. The van der Waals surface area contributed by atoms with Crippen LogP contribution in [0.2, 0.25) is 5.02 Å². The lowest BCUT2D eigenvalue weighted by atomic mass is 10.0. The van der Waals surface area contributed by atoms with E-state index in [1.165, 1.54) is 12.1 Å². The molecule has 0 saturated carbocycles. The average Bonchev–Trinajstić information content (AvgIpc) is 2.83. The fourth-order valence-corrected chi connectivity index (χ4v) is 3.20. The summed E-state index contributed by atoms with van der Waals surface area (Å²) >= 11 is 6.37. The monoisotopic (exact) mass is 466 g/mol. The van der Waals surface area contributed by atoms with Gasteiger partial charge >= 0.3 is 5.97 Å². The number of benzene rings is 3. The van der Waals surface area contributed by atoms with Gasteiger partial charge in [0, 0.05) is 6.07 Å². The Labute approximate surface area is 197 Å². The summed E-state index contributed by atoms with van der Waals surface area (Å²) in [5.41, 5.74) is 1.92. The lowest BCUT2D eigenvalue weighted by Crippen LogP contribution is -2.21. The van der Waals surface area contributed by atoms with Gasteiger partial charge in [-0.15, -0.1) is 0 Å². The van der Waals surface area contributed by atoms with Crippen molar-refractivity contribution in [3.05, 3.63) is 94.5 Å². The smallest absolute Gasteiger partial charge is 0.375 e. The molecule has 0 aliphatic rings. The highest BCUT2D eigenvalue weighted by molar-refractivity contribution is 6.38. The molecule has 33 heavy (non-hydrogen) atoms. The summed E-state index contributed by atoms with van der Waals surface area (Å²) in [4.78, 5) is 36.5. The van der Waals surface area contributed by atoms with Crippen molar-refractivity contribution >= 4 is 29.1 Å². The molecule has 0 aliphatic heterocycles. The quantitative estimate of drug-likeness (QED) is 0.167. The molecule has 3 rings (SSSR count). The molecule has 6 nitrogen and oxygen atoms in total. The van der Waals surface area contributed by atoms with Crippen LogP contribution in [0.25, 0.3) is 0 Å². The first kappa shape index (κ1) is 24.0. The van der Waals surface area contributed by atoms with Crippen LogP contribution in [0.3, 0.4) is 0 Å². The van der Waals surface area contributed by atoms with E-state index >= 15 is 0 Å². The first-order valence-electron chi connectivity index (χ1n) is 10.4. The fraction of sp³-hybridized carbons (Fsp3) is 0.192. The topological polar surface area (TPSA) is 78.9 Å². The Bertz CT molecular complexity index is 1110. The van der Waals surface area contributed by atoms with Gasteiger partial charge in [-0.3, -0.25) is 9.59 Å². The van der Waals surface area contributed by atoms with Crippen molar-refractivity contribution in [2.45, 2.75) is 26.6 Å². The Balaban J connectivity index is 1.84. The fourth-order valence-electron chi connectivity index (χ4n) is 2.98. The number of Topliss-reactive ketones (excluding diaryl/α,β-unsaturated/α-hetero) is 2. The Morgan fingerprint density at radius 2 is 1.33 bits per heavy atom. The minimum absolute atomic E-state index is 0.0451. The average molecular weight is 467 g/mol. The standard InChI is InChI=1S/C26H23ClO6/c1-2-31-26(30)23(29)14-22(28)20-13-21(27)25(33-17-19-11-7-4-8-12-19)15-24(20)32-16-18-9-5-3-6-10-18/h3-13,15H,2,14,16-17H2,1H3. The summed E-state index contributed by atoms with van der Waals surface area (Å²) in [5.74, 6) is -2.06. The van der Waals surface area contributed by atoms with Gasteiger partial charge in [-0.25, -0.2) is 4.79 Å². The Morgan fingerprint density at radius 1 is 0.788 bits per heavy atom. The number of carbonyl (C=O) groups excluding carboxylic acids is 3. The summed E-state index contributed by atoms with van der Waals surface area (Å²) in [6, 6.07) is 21.9. The molecule has 0 radical (unpaired) electrons. The second-order valence-corrected chi connectivity index (χ2v) is 7.48. The van der Waals surface area contributed by atoms with Crippen LogP contribution < -0.4 is 9.47 Å². The molecular weight excluding hydrogens is 444 g/mol. The molecule has 0 atom stereocenters. The maximum atomic E-state index is 12.8. The van der Waals surface area contributed by atoms with Gasteiger partial charge in [0.25, 0.3) is 0 Å². The SMILES string of the molecule is CCOC(=O)C(=O)CC(=O)c1cc(Cl)c(OCc2ccccc2)cc1OCc1ccccc1. The first-order chi connectivity index (χ1) is 16.0. The largest absolute Gasteiger partial charge is 0.488 e. The zero-order chi connectivity index (χ0) is 23.6. The van der Waals surface area contributed by atoms with E-state index in [0.717, 1.165) is 11.1 Å². The molecule has 0 amide bonds. The van der Waals surface area contributed by atoms with Gasteiger partial charge < -0.3 is 14.2 Å². The van der Waals surface area contributed by atoms with Crippen molar-refractivity contribution in [3.8, 4) is 11.5 Å². The van der Waals surface area contributed by atoms with E-state index in [0.29, 0.717) is 5.75 Å². The highest BCUT2D eigenvalue weighted by Gasteiger charge is 2.24. The van der Waals surface area contributed by atoms with Crippen molar-refractivity contribution < 1.29 is 28.6 Å². The van der Waals surface area contributed by atoms with E-state index in [1.54, 1.807) is 6.92 Å². The van der Waals surface area contributed by atoms with Crippen LogP contribution >= 0.6 is 11.6 Å². The Morgan fingerprint density at radius 3 is 1.88 bits per heavy atom. The molecule has 0 N–H and O–H groups in total. The van der Waals surface area contributed by atoms with Crippen molar-refractivity contribution in [2.75, 3.05) is 6.61 Å². The molecule has 3 aromatic carbocycles. The number of carbonyl (C=O) groups is 3. The number of esters is 1. The molecule has 0 heterocycles. The van der Waals surface area contributed by atoms with Gasteiger partial charge in [0.05, 0.1) is 23.6 Å². The summed E-state index contributed by atoms with van der Waals surface area (Å²) in [7, 11) is 0. The molecule has 0 aromatic heterocycles. The third kappa shape index (κ3) is 6.92. The molecule has 170 valence electrons. The first-order valence-corrected chi connectivity index (χ1v) is 10.8. The number of hydrogen-bond donors (Lipinski definition) is 0. The van der Waals surface area contributed by atoms with Crippen LogP contribution in [0.15, 0.2) is 72.8 Å². The van der Waals surface area contributed by atoms with E-state index in [9.17, 15) is 14.4 Å². The predicted octanol–water partition coefficient (Wildman–Crippen LogP) is 5.20. The van der Waals surface area contributed by atoms with Crippen LogP contribution in [0.4, 0.5) is 0 Å². The predicted molar refractivity (Wildman–Crippen MR) is 124 cm³/mol. The molecule has 7 heteroatoms. The van der Waals surface area contributed by atoms with Crippen molar-refractivity contribution in [1.82, 2.24) is 0 Å². The van der Waals surface area contributed by atoms with Crippen molar-refractivity contribution in [3.63, 3.8) is 0 Å². The van der Waals surface area contributed by atoms with E-state index in [1.807, 2.05) is 60.7 Å². The van der Waals surface area contributed by atoms with Gasteiger partial charge in [-0.05, 0) is 24.1 Å². The maximum absolute atomic E-state index is 12.8. The van der Waals surface area contributed by atoms with Crippen LogP contribution in [0.5, 0.6) is 11.5 Å². The minimum Gasteiger partial charge on any atom is -0.488 e. The third-order valence-corrected chi connectivity index (χ3v) is 4.93. The van der Waals surface area contributed by atoms with Crippen molar-refractivity contribution in [2.24, 2.45) is 0 Å². The number of ketones is 2. The lowest BCUT2D eigenvalue weighted by Gasteiger charge is -2.15. The second-order valence-electron chi connectivity index (χ2n) is 7.07. The molecule has 3 aromatic rings. The zero-order valence-electron chi connectivity index (χ0n) is 18.1. The molecule has 0 unspecified atom stereocenters. The van der Waals surface area contributed by atoms with E-state index in [4.69, 9.17) is 21.1 Å². The van der Waals surface area contributed by atoms with E-state index in [2.05, 4.69) is 4.74 Å². The number of rotatable bonds is 11. The maximum Gasteiger partial charge on any atom is 0.375 e. The van der Waals surface area contributed by atoms with Gasteiger partial charge in [-0.1, -0.05) is 72.3 Å². The highest BCUT2D eigenvalue weighted by Crippen LogP contribution is 2.34. The summed E-state index contributed by atoms with van der Waals surface area (Å²) < 4.78 is 16.4. The zero-order valence-corrected chi connectivity index (χ0v) is 18.8. The normalized spacial score (nSPS) is 10.4. The van der Waals surface area contributed by atoms with Crippen LogP contribution in [0, 0.1) is 0 Å². The molecule has 0 aliphatic carbocycles. The minimum atomic E-state index is -1.05. The van der Waals surface area contributed by atoms with Gasteiger partial charge in [0.15, 0.2) is 5.78 Å². The van der Waals surface area contributed by atoms with E-state index < -0.39 is 24.0 Å². The van der Waals surface area contributed by atoms with Gasteiger partial charge in [0.1, 0.15) is 24.7 Å².